The number of anilines is 1. The molecule has 0 saturated carbocycles. The van der Waals surface area contributed by atoms with Crippen LogP contribution in [-0.2, 0) is 11.3 Å². The fourth-order valence-corrected chi connectivity index (χ4v) is 2.76. The number of amides is 1. The van der Waals surface area contributed by atoms with Gasteiger partial charge in [0, 0.05) is 22.1 Å². The maximum Gasteiger partial charge on any atom is 0.238 e. The van der Waals surface area contributed by atoms with Crippen LogP contribution in [0.15, 0.2) is 36.4 Å². The molecule has 0 fully saturated rings. The van der Waals surface area contributed by atoms with Crippen LogP contribution in [-0.4, -0.2) is 12.5 Å². The van der Waals surface area contributed by atoms with Crippen LogP contribution in [0.25, 0.3) is 0 Å². The highest BCUT2D eigenvalue weighted by Crippen LogP contribution is 2.20. The fraction of sp³-hybridized carbons (Fsp3) is 0.154. The van der Waals surface area contributed by atoms with E-state index in [2.05, 4.69) is 10.6 Å². The average molecular weight is 315 g/mol. The molecular weight excluding hydrogens is 303 g/mol. The SMILES string of the molecule is O=C(CNCc1ccc(Cl)s1)Nc1cccc(Cl)c1. The second kappa shape index (κ2) is 6.91. The van der Waals surface area contributed by atoms with Gasteiger partial charge in [-0.3, -0.25) is 4.79 Å². The van der Waals surface area contributed by atoms with Crippen molar-refractivity contribution in [2.75, 3.05) is 11.9 Å². The number of rotatable bonds is 5. The van der Waals surface area contributed by atoms with Crippen LogP contribution >= 0.6 is 34.5 Å². The lowest BCUT2D eigenvalue weighted by atomic mass is 10.3. The molecule has 100 valence electrons. The smallest absolute Gasteiger partial charge is 0.238 e. The summed E-state index contributed by atoms with van der Waals surface area (Å²) in [5.41, 5.74) is 0.693. The molecule has 0 saturated heterocycles. The Bertz CT molecular complexity index is 571. The molecule has 3 nitrogen and oxygen atoms in total. The number of thiophene rings is 1. The highest BCUT2D eigenvalue weighted by atomic mass is 35.5. The topological polar surface area (TPSA) is 41.1 Å². The molecule has 1 aromatic carbocycles. The van der Waals surface area contributed by atoms with Crippen molar-refractivity contribution in [3.63, 3.8) is 0 Å². The molecule has 1 aromatic heterocycles. The Kier molecular flexibility index (Phi) is 5.22. The molecule has 0 aliphatic rings. The lowest BCUT2D eigenvalue weighted by molar-refractivity contribution is -0.115. The van der Waals surface area contributed by atoms with Crippen LogP contribution < -0.4 is 10.6 Å². The van der Waals surface area contributed by atoms with Crippen molar-refractivity contribution >= 4 is 46.1 Å². The Balaban J connectivity index is 1.76. The van der Waals surface area contributed by atoms with E-state index in [0.717, 1.165) is 9.21 Å². The number of halogens is 2. The number of hydrogen-bond donors (Lipinski definition) is 2. The average Bonchev–Trinajstić information content (AvgIpc) is 2.75. The quantitative estimate of drug-likeness (QED) is 0.881. The second-order valence-electron chi connectivity index (χ2n) is 3.87. The molecular formula is C13H12Cl2N2OS. The molecule has 0 bridgehead atoms. The lowest BCUT2D eigenvalue weighted by Gasteiger charge is -2.06. The van der Waals surface area contributed by atoms with Crippen LogP contribution in [0.1, 0.15) is 4.88 Å². The number of carbonyl (C=O) groups is 1. The van der Waals surface area contributed by atoms with Gasteiger partial charge in [-0.15, -0.1) is 11.3 Å². The van der Waals surface area contributed by atoms with E-state index < -0.39 is 0 Å². The maximum atomic E-state index is 11.7. The van der Waals surface area contributed by atoms with E-state index in [-0.39, 0.29) is 12.5 Å². The van der Waals surface area contributed by atoms with Crippen molar-refractivity contribution in [1.29, 1.82) is 0 Å². The van der Waals surface area contributed by atoms with E-state index in [1.54, 1.807) is 24.3 Å². The van der Waals surface area contributed by atoms with Gasteiger partial charge in [0.05, 0.1) is 10.9 Å². The summed E-state index contributed by atoms with van der Waals surface area (Å²) in [6.45, 7) is 0.863. The molecule has 6 heteroatoms. The molecule has 2 rings (SSSR count). The van der Waals surface area contributed by atoms with Gasteiger partial charge in [0.25, 0.3) is 0 Å². The predicted molar refractivity (Wildman–Crippen MR) is 81.1 cm³/mol. The zero-order chi connectivity index (χ0) is 13.7. The third-order valence-electron chi connectivity index (χ3n) is 2.32. The Labute approximate surface area is 125 Å². The first kappa shape index (κ1) is 14.3. The predicted octanol–water partition coefficient (Wildman–Crippen LogP) is 3.78. The molecule has 0 spiro atoms. The van der Waals surface area contributed by atoms with Crippen LogP contribution in [0.2, 0.25) is 9.36 Å². The molecule has 0 atom stereocenters. The monoisotopic (exact) mass is 314 g/mol. The summed E-state index contributed by atoms with van der Waals surface area (Å²) < 4.78 is 0.750. The summed E-state index contributed by atoms with van der Waals surface area (Å²) in [5, 5.41) is 6.42. The first-order valence-corrected chi connectivity index (χ1v) is 7.21. The van der Waals surface area contributed by atoms with Gasteiger partial charge in [-0.2, -0.15) is 0 Å². The standard InChI is InChI=1S/C13H12Cl2N2OS/c14-9-2-1-3-10(6-9)17-13(18)8-16-7-11-4-5-12(15)19-11/h1-6,16H,7-8H2,(H,17,18). The second-order valence-corrected chi connectivity index (χ2v) is 6.10. The van der Waals surface area contributed by atoms with E-state index in [9.17, 15) is 4.79 Å². The molecule has 2 aromatic rings. The third-order valence-corrected chi connectivity index (χ3v) is 3.79. The van der Waals surface area contributed by atoms with Gasteiger partial charge in [0.1, 0.15) is 0 Å². The van der Waals surface area contributed by atoms with Gasteiger partial charge in [-0.05, 0) is 30.3 Å². The summed E-state index contributed by atoms with van der Waals surface area (Å²) in [7, 11) is 0. The first-order chi connectivity index (χ1) is 9.13. The molecule has 0 unspecified atom stereocenters. The van der Waals surface area contributed by atoms with Crippen LogP contribution in [0.5, 0.6) is 0 Å². The molecule has 2 N–H and O–H groups in total. The first-order valence-electron chi connectivity index (χ1n) is 5.64. The zero-order valence-corrected chi connectivity index (χ0v) is 12.3. The Hall–Kier alpha value is -1.07. The Morgan fingerprint density at radius 1 is 1.21 bits per heavy atom. The zero-order valence-electron chi connectivity index (χ0n) is 9.95. The summed E-state index contributed by atoms with van der Waals surface area (Å²) >= 11 is 13.2. The van der Waals surface area contributed by atoms with Crippen LogP contribution in [0.4, 0.5) is 5.69 Å². The van der Waals surface area contributed by atoms with Crippen molar-refractivity contribution < 1.29 is 4.79 Å². The van der Waals surface area contributed by atoms with E-state index in [1.807, 2.05) is 12.1 Å². The summed E-state index contributed by atoms with van der Waals surface area (Å²) in [6.07, 6.45) is 0. The highest BCUT2D eigenvalue weighted by molar-refractivity contribution is 7.16. The van der Waals surface area contributed by atoms with E-state index in [4.69, 9.17) is 23.2 Å². The lowest BCUT2D eigenvalue weighted by Crippen LogP contribution is -2.27. The normalized spacial score (nSPS) is 10.4. The Morgan fingerprint density at radius 2 is 2.05 bits per heavy atom. The van der Waals surface area contributed by atoms with Crippen molar-refractivity contribution in [3.8, 4) is 0 Å². The molecule has 0 aliphatic heterocycles. The van der Waals surface area contributed by atoms with E-state index in [1.165, 1.54) is 11.3 Å². The van der Waals surface area contributed by atoms with Crippen molar-refractivity contribution in [2.45, 2.75) is 6.54 Å². The minimum Gasteiger partial charge on any atom is -0.325 e. The summed E-state index contributed by atoms with van der Waals surface area (Å²) in [5.74, 6) is -0.107. The molecule has 0 aliphatic carbocycles. The van der Waals surface area contributed by atoms with Gasteiger partial charge in [0.15, 0.2) is 0 Å². The molecule has 0 radical (unpaired) electrons. The van der Waals surface area contributed by atoms with Gasteiger partial charge in [0.2, 0.25) is 5.91 Å². The van der Waals surface area contributed by atoms with Crippen LogP contribution in [0, 0.1) is 0 Å². The number of nitrogens with one attached hydrogen (secondary N) is 2. The number of carbonyl (C=O) groups excluding carboxylic acids is 1. The van der Waals surface area contributed by atoms with Crippen LogP contribution in [0.3, 0.4) is 0 Å². The van der Waals surface area contributed by atoms with Gasteiger partial charge < -0.3 is 10.6 Å². The third kappa shape index (κ3) is 4.84. The van der Waals surface area contributed by atoms with Gasteiger partial charge >= 0.3 is 0 Å². The van der Waals surface area contributed by atoms with Crippen molar-refractivity contribution in [2.24, 2.45) is 0 Å². The highest BCUT2D eigenvalue weighted by Gasteiger charge is 2.03. The van der Waals surface area contributed by atoms with Gasteiger partial charge in [-0.1, -0.05) is 29.3 Å². The van der Waals surface area contributed by atoms with Crippen molar-refractivity contribution in [3.05, 3.63) is 50.6 Å². The van der Waals surface area contributed by atoms with Crippen molar-refractivity contribution in [1.82, 2.24) is 5.32 Å². The minimum absolute atomic E-state index is 0.107. The summed E-state index contributed by atoms with van der Waals surface area (Å²) in [4.78, 5) is 12.8. The van der Waals surface area contributed by atoms with Gasteiger partial charge in [-0.25, -0.2) is 0 Å². The number of hydrogen-bond acceptors (Lipinski definition) is 3. The summed E-state index contributed by atoms with van der Waals surface area (Å²) in [6, 6.07) is 10.8. The molecule has 1 amide bonds. The number of benzene rings is 1. The molecule has 19 heavy (non-hydrogen) atoms. The fourth-order valence-electron chi connectivity index (χ4n) is 1.52. The largest absolute Gasteiger partial charge is 0.325 e. The Morgan fingerprint density at radius 3 is 2.74 bits per heavy atom. The maximum absolute atomic E-state index is 11.7. The minimum atomic E-state index is -0.107. The van der Waals surface area contributed by atoms with E-state index in [0.29, 0.717) is 17.3 Å². The van der Waals surface area contributed by atoms with E-state index >= 15 is 0 Å². The molecule has 1 heterocycles.